The summed E-state index contributed by atoms with van der Waals surface area (Å²) in [6, 6.07) is 8.82. The van der Waals surface area contributed by atoms with Crippen LogP contribution in [0, 0.1) is 11.3 Å². The van der Waals surface area contributed by atoms with Gasteiger partial charge in [0.15, 0.2) is 0 Å². The van der Waals surface area contributed by atoms with Gasteiger partial charge in [-0.2, -0.15) is 5.26 Å². The van der Waals surface area contributed by atoms with Gasteiger partial charge in [-0.3, -0.25) is 4.79 Å². The van der Waals surface area contributed by atoms with Crippen molar-refractivity contribution in [2.24, 2.45) is 0 Å². The van der Waals surface area contributed by atoms with Gasteiger partial charge >= 0.3 is 5.97 Å². The summed E-state index contributed by atoms with van der Waals surface area (Å²) in [4.78, 5) is 23.6. The molecule has 1 saturated heterocycles. The molecule has 1 fully saturated rings. The third-order valence-electron chi connectivity index (χ3n) is 3.90. The van der Waals surface area contributed by atoms with E-state index in [1.807, 2.05) is 6.07 Å². The molecule has 0 spiro atoms. The Bertz CT molecular complexity index is 686. The minimum atomic E-state index is -0.423. The normalized spacial score (nSPS) is 16.6. The van der Waals surface area contributed by atoms with Crippen LogP contribution in [0.2, 0.25) is 0 Å². The fraction of sp³-hybridized carbons (Fsp3) is 0.421. The number of esters is 1. The molecule has 1 aliphatic heterocycles. The van der Waals surface area contributed by atoms with Gasteiger partial charge in [0.1, 0.15) is 11.6 Å². The van der Waals surface area contributed by atoms with Gasteiger partial charge in [0.05, 0.1) is 18.3 Å². The van der Waals surface area contributed by atoms with Crippen LogP contribution in [0.15, 0.2) is 36.0 Å². The first kappa shape index (κ1) is 19.5. The lowest BCUT2D eigenvalue weighted by atomic mass is 10.1. The molecule has 0 bridgehead atoms. The number of hydrogen-bond acceptors (Lipinski definition) is 6. The highest BCUT2D eigenvalue weighted by atomic mass is 16.5. The van der Waals surface area contributed by atoms with Gasteiger partial charge in [0.2, 0.25) is 0 Å². The van der Waals surface area contributed by atoms with Crippen LogP contribution in [0.3, 0.4) is 0 Å². The smallest absolute Gasteiger partial charge is 0.338 e. The van der Waals surface area contributed by atoms with E-state index in [0.717, 1.165) is 25.0 Å². The number of nitriles is 1. The van der Waals surface area contributed by atoms with Crippen molar-refractivity contribution in [3.63, 3.8) is 0 Å². The molecule has 0 aliphatic carbocycles. The summed E-state index contributed by atoms with van der Waals surface area (Å²) in [5.74, 6) is -0.783. The number of hydrogen-bond donors (Lipinski definition) is 2. The number of benzene rings is 1. The minimum absolute atomic E-state index is 0.00569. The van der Waals surface area contributed by atoms with E-state index in [1.54, 1.807) is 31.2 Å². The summed E-state index contributed by atoms with van der Waals surface area (Å²) in [5, 5.41) is 14.8. The molecule has 1 unspecified atom stereocenters. The molecule has 1 atom stereocenters. The van der Waals surface area contributed by atoms with Crippen molar-refractivity contribution < 1.29 is 19.1 Å². The Morgan fingerprint density at radius 2 is 2.15 bits per heavy atom. The SMILES string of the molecule is CCOC(=O)c1ccc(CN/C=C(/C#N)C(=O)NCC2CCCO2)cc1. The van der Waals surface area contributed by atoms with Crippen molar-refractivity contribution in [3.05, 3.63) is 47.2 Å². The van der Waals surface area contributed by atoms with Crippen LogP contribution >= 0.6 is 0 Å². The predicted octanol–water partition coefficient (Wildman–Crippen LogP) is 1.66. The molecule has 7 nitrogen and oxygen atoms in total. The fourth-order valence-electron chi connectivity index (χ4n) is 2.50. The summed E-state index contributed by atoms with van der Waals surface area (Å²) < 4.78 is 10.4. The molecule has 0 radical (unpaired) electrons. The van der Waals surface area contributed by atoms with Gasteiger partial charge in [-0.05, 0) is 37.5 Å². The Hall–Kier alpha value is -2.85. The fourth-order valence-corrected chi connectivity index (χ4v) is 2.50. The number of rotatable bonds is 8. The van der Waals surface area contributed by atoms with Gasteiger partial charge in [-0.25, -0.2) is 4.79 Å². The molecule has 26 heavy (non-hydrogen) atoms. The summed E-state index contributed by atoms with van der Waals surface area (Å²) in [6.45, 7) is 3.64. The largest absolute Gasteiger partial charge is 0.462 e. The first-order valence-electron chi connectivity index (χ1n) is 8.63. The second-order valence-corrected chi connectivity index (χ2v) is 5.81. The lowest BCUT2D eigenvalue weighted by molar-refractivity contribution is -0.117. The highest BCUT2D eigenvalue weighted by molar-refractivity contribution is 5.97. The first-order chi connectivity index (χ1) is 12.6. The highest BCUT2D eigenvalue weighted by Gasteiger charge is 2.17. The average molecular weight is 357 g/mol. The van der Waals surface area contributed by atoms with E-state index in [0.29, 0.717) is 25.3 Å². The standard InChI is InChI=1S/C19H23N3O4/c1-2-25-19(24)15-7-5-14(6-8-15)11-21-12-16(10-20)18(23)22-13-17-4-3-9-26-17/h5-8,12,17,21H,2-4,9,11,13H2,1H3,(H,22,23)/b16-12-. The van der Waals surface area contributed by atoms with Crippen molar-refractivity contribution in [2.45, 2.75) is 32.4 Å². The quantitative estimate of drug-likeness (QED) is 0.417. The van der Waals surface area contributed by atoms with Crippen LogP contribution in [-0.2, 0) is 20.8 Å². The lowest BCUT2D eigenvalue weighted by Gasteiger charge is -2.10. The van der Waals surface area contributed by atoms with Crippen LogP contribution in [-0.4, -0.2) is 37.7 Å². The molecule has 1 aliphatic rings. The molecule has 7 heteroatoms. The first-order valence-corrected chi connectivity index (χ1v) is 8.63. The van der Waals surface area contributed by atoms with Crippen LogP contribution < -0.4 is 10.6 Å². The van der Waals surface area contributed by atoms with Crippen molar-refractivity contribution in [2.75, 3.05) is 19.8 Å². The van der Waals surface area contributed by atoms with Crippen LogP contribution in [0.4, 0.5) is 0 Å². The summed E-state index contributed by atoms with van der Waals surface area (Å²) in [5.41, 5.74) is 1.40. The molecule has 2 N–H and O–H groups in total. The topological polar surface area (TPSA) is 100 Å². The van der Waals surface area contributed by atoms with E-state index in [9.17, 15) is 9.59 Å². The van der Waals surface area contributed by atoms with Crippen molar-refractivity contribution in [1.82, 2.24) is 10.6 Å². The summed E-state index contributed by atoms with van der Waals surface area (Å²) >= 11 is 0. The van der Waals surface area contributed by atoms with Crippen molar-refractivity contribution in [1.29, 1.82) is 5.26 Å². The Labute approximate surface area is 153 Å². The maximum absolute atomic E-state index is 12.0. The number of nitrogens with one attached hydrogen (secondary N) is 2. The maximum atomic E-state index is 12.0. The number of ether oxygens (including phenoxy) is 2. The molecule has 1 aromatic carbocycles. The molecule has 1 heterocycles. The lowest BCUT2D eigenvalue weighted by Crippen LogP contribution is -2.32. The third-order valence-corrected chi connectivity index (χ3v) is 3.90. The van der Waals surface area contributed by atoms with Crippen LogP contribution in [0.1, 0.15) is 35.7 Å². The van der Waals surface area contributed by atoms with Crippen molar-refractivity contribution >= 4 is 11.9 Å². The van der Waals surface area contributed by atoms with Crippen LogP contribution in [0.5, 0.6) is 0 Å². The van der Waals surface area contributed by atoms with Gasteiger partial charge < -0.3 is 20.1 Å². The molecular weight excluding hydrogens is 334 g/mol. The Morgan fingerprint density at radius 3 is 2.77 bits per heavy atom. The molecule has 2 rings (SSSR count). The maximum Gasteiger partial charge on any atom is 0.338 e. The second-order valence-electron chi connectivity index (χ2n) is 5.81. The Balaban J connectivity index is 1.81. The average Bonchev–Trinajstić information content (AvgIpc) is 3.17. The summed E-state index contributed by atoms with van der Waals surface area (Å²) in [6.07, 6.45) is 3.35. The van der Waals surface area contributed by atoms with Crippen molar-refractivity contribution in [3.8, 4) is 6.07 Å². The van der Waals surface area contributed by atoms with E-state index in [4.69, 9.17) is 14.7 Å². The number of amides is 1. The molecule has 0 aromatic heterocycles. The van der Waals surface area contributed by atoms with E-state index in [2.05, 4.69) is 10.6 Å². The molecule has 138 valence electrons. The van der Waals surface area contributed by atoms with E-state index >= 15 is 0 Å². The van der Waals surface area contributed by atoms with Gasteiger partial charge in [-0.15, -0.1) is 0 Å². The minimum Gasteiger partial charge on any atom is -0.462 e. The molecular formula is C19H23N3O4. The van der Waals surface area contributed by atoms with Gasteiger partial charge in [-0.1, -0.05) is 12.1 Å². The monoisotopic (exact) mass is 357 g/mol. The molecule has 1 amide bonds. The third kappa shape index (κ3) is 5.90. The predicted molar refractivity (Wildman–Crippen MR) is 94.9 cm³/mol. The van der Waals surface area contributed by atoms with Gasteiger partial charge in [0, 0.05) is 25.9 Å². The second kappa shape index (κ2) is 10.2. The highest BCUT2D eigenvalue weighted by Crippen LogP contribution is 2.10. The number of carbonyl (C=O) groups excluding carboxylic acids is 2. The molecule has 1 aromatic rings. The van der Waals surface area contributed by atoms with E-state index < -0.39 is 5.91 Å². The zero-order valence-electron chi connectivity index (χ0n) is 14.8. The Morgan fingerprint density at radius 1 is 1.38 bits per heavy atom. The number of carbonyl (C=O) groups is 2. The zero-order chi connectivity index (χ0) is 18.8. The van der Waals surface area contributed by atoms with E-state index in [1.165, 1.54) is 6.20 Å². The Kier molecular flexibility index (Phi) is 7.65. The van der Waals surface area contributed by atoms with E-state index in [-0.39, 0.29) is 17.6 Å². The number of nitrogens with zero attached hydrogens (tertiary/aromatic N) is 1. The van der Waals surface area contributed by atoms with Crippen LogP contribution in [0.25, 0.3) is 0 Å². The summed E-state index contributed by atoms with van der Waals surface area (Å²) in [7, 11) is 0. The van der Waals surface area contributed by atoms with Gasteiger partial charge in [0.25, 0.3) is 5.91 Å². The molecule has 0 saturated carbocycles. The zero-order valence-corrected chi connectivity index (χ0v) is 14.8.